The van der Waals surface area contributed by atoms with Crippen LogP contribution in [0.5, 0.6) is 0 Å². The van der Waals surface area contributed by atoms with E-state index in [4.69, 9.17) is 4.42 Å². The fourth-order valence-electron chi connectivity index (χ4n) is 2.75. The highest BCUT2D eigenvalue weighted by Gasteiger charge is 2.27. The van der Waals surface area contributed by atoms with Crippen LogP contribution in [0.2, 0.25) is 0 Å². The lowest BCUT2D eigenvalue weighted by atomic mass is 10.0. The molecule has 0 aliphatic rings. The number of para-hydroxylation sites is 1. The molecule has 2 atom stereocenters. The standard InChI is InChI=1S/C20H22N2O3S/c1-12(2)18(22-19(23)17-9-6-10-26-17)20(24)21-13(3)16-11-14-7-4-5-8-15(14)25-16/h4-13,18H,1-3H3,(H,21,24)(H,22,23)/t13-,18+/m1/s1. The van der Waals surface area contributed by atoms with Crippen LogP contribution in [0.25, 0.3) is 11.0 Å². The molecule has 2 aromatic heterocycles. The van der Waals surface area contributed by atoms with E-state index in [1.165, 1.54) is 11.3 Å². The zero-order valence-corrected chi connectivity index (χ0v) is 15.8. The molecule has 3 rings (SSSR count). The second kappa shape index (κ2) is 7.74. The first kappa shape index (κ1) is 18.2. The van der Waals surface area contributed by atoms with Gasteiger partial charge < -0.3 is 15.1 Å². The van der Waals surface area contributed by atoms with Gasteiger partial charge >= 0.3 is 0 Å². The molecule has 0 spiro atoms. The van der Waals surface area contributed by atoms with Crippen LogP contribution in [0.1, 0.15) is 42.2 Å². The van der Waals surface area contributed by atoms with E-state index < -0.39 is 6.04 Å². The van der Waals surface area contributed by atoms with E-state index in [-0.39, 0.29) is 23.8 Å². The van der Waals surface area contributed by atoms with Crippen molar-refractivity contribution in [3.05, 3.63) is 58.5 Å². The third-order valence-corrected chi connectivity index (χ3v) is 5.08. The Morgan fingerprint density at radius 3 is 2.46 bits per heavy atom. The molecule has 0 radical (unpaired) electrons. The summed E-state index contributed by atoms with van der Waals surface area (Å²) in [6.45, 7) is 5.68. The maximum absolute atomic E-state index is 12.7. The lowest BCUT2D eigenvalue weighted by Gasteiger charge is -2.23. The number of amides is 2. The predicted molar refractivity (Wildman–Crippen MR) is 103 cm³/mol. The van der Waals surface area contributed by atoms with Crippen molar-refractivity contribution in [1.82, 2.24) is 10.6 Å². The van der Waals surface area contributed by atoms with Crippen molar-refractivity contribution < 1.29 is 14.0 Å². The fourth-order valence-corrected chi connectivity index (χ4v) is 3.37. The van der Waals surface area contributed by atoms with Crippen LogP contribution in [0, 0.1) is 5.92 Å². The molecule has 0 bridgehead atoms. The van der Waals surface area contributed by atoms with Gasteiger partial charge in [0.1, 0.15) is 17.4 Å². The molecule has 0 saturated heterocycles. The van der Waals surface area contributed by atoms with E-state index in [1.54, 1.807) is 6.07 Å². The van der Waals surface area contributed by atoms with Gasteiger partial charge in [-0.3, -0.25) is 9.59 Å². The molecule has 2 amide bonds. The summed E-state index contributed by atoms with van der Waals surface area (Å²) in [5, 5.41) is 8.61. The molecular weight excluding hydrogens is 348 g/mol. The van der Waals surface area contributed by atoms with Crippen molar-refractivity contribution >= 4 is 34.1 Å². The lowest BCUT2D eigenvalue weighted by molar-refractivity contribution is -0.124. The van der Waals surface area contributed by atoms with Gasteiger partial charge in [0.25, 0.3) is 5.91 Å². The highest BCUT2D eigenvalue weighted by Crippen LogP contribution is 2.23. The number of furan rings is 1. The van der Waals surface area contributed by atoms with Gasteiger partial charge in [0.2, 0.25) is 5.91 Å². The average Bonchev–Trinajstić information content (AvgIpc) is 3.28. The van der Waals surface area contributed by atoms with E-state index in [1.807, 2.05) is 62.5 Å². The average molecular weight is 370 g/mol. The first-order valence-electron chi connectivity index (χ1n) is 8.59. The molecule has 0 fully saturated rings. The van der Waals surface area contributed by atoms with Crippen molar-refractivity contribution in [2.24, 2.45) is 5.92 Å². The molecule has 136 valence electrons. The van der Waals surface area contributed by atoms with Gasteiger partial charge in [0.15, 0.2) is 0 Å². The third kappa shape index (κ3) is 3.96. The number of carbonyl (C=O) groups excluding carboxylic acids is 2. The van der Waals surface area contributed by atoms with Crippen LogP contribution in [0.15, 0.2) is 52.3 Å². The summed E-state index contributed by atoms with van der Waals surface area (Å²) in [5.41, 5.74) is 0.787. The number of nitrogens with one attached hydrogen (secondary N) is 2. The summed E-state index contributed by atoms with van der Waals surface area (Å²) in [4.78, 5) is 25.6. The number of hydrogen-bond donors (Lipinski definition) is 2. The molecule has 1 aromatic carbocycles. The summed E-state index contributed by atoms with van der Waals surface area (Å²) in [6.07, 6.45) is 0. The first-order valence-corrected chi connectivity index (χ1v) is 9.47. The summed E-state index contributed by atoms with van der Waals surface area (Å²) in [7, 11) is 0. The highest BCUT2D eigenvalue weighted by atomic mass is 32.1. The Labute approximate surface area is 156 Å². The van der Waals surface area contributed by atoms with Crippen LogP contribution in [0.3, 0.4) is 0 Å². The molecule has 6 heteroatoms. The number of rotatable bonds is 6. The van der Waals surface area contributed by atoms with Gasteiger partial charge in [-0.15, -0.1) is 11.3 Å². The summed E-state index contributed by atoms with van der Waals surface area (Å²) < 4.78 is 5.81. The molecule has 0 saturated carbocycles. The maximum atomic E-state index is 12.7. The number of benzene rings is 1. The Morgan fingerprint density at radius 1 is 1.04 bits per heavy atom. The SMILES string of the molecule is CC(C)[C@H](NC(=O)c1cccs1)C(=O)N[C@H](C)c1cc2ccccc2o1. The largest absolute Gasteiger partial charge is 0.459 e. The second-order valence-corrected chi connectivity index (χ2v) is 7.54. The van der Waals surface area contributed by atoms with Crippen LogP contribution < -0.4 is 10.6 Å². The topological polar surface area (TPSA) is 71.3 Å². The minimum Gasteiger partial charge on any atom is -0.459 e. The van der Waals surface area contributed by atoms with Crippen LogP contribution >= 0.6 is 11.3 Å². The van der Waals surface area contributed by atoms with Crippen LogP contribution in [-0.2, 0) is 4.79 Å². The molecule has 2 heterocycles. The highest BCUT2D eigenvalue weighted by molar-refractivity contribution is 7.12. The van der Waals surface area contributed by atoms with Gasteiger partial charge in [-0.2, -0.15) is 0 Å². The monoisotopic (exact) mass is 370 g/mol. The van der Waals surface area contributed by atoms with E-state index in [0.717, 1.165) is 11.0 Å². The Kier molecular flexibility index (Phi) is 5.42. The summed E-state index contributed by atoms with van der Waals surface area (Å²) in [5.74, 6) is 0.191. The quantitative estimate of drug-likeness (QED) is 0.685. The molecule has 2 N–H and O–H groups in total. The van der Waals surface area contributed by atoms with E-state index >= 15 is 0 Å². The second-order valence-electron chi connectivity index (χ2n) is 6.59. The normalized spacial score (nSPS) is 13.5. The van der Waals surface area contributed by atoms with E-state index in [2.05, 4.69) is 10.6 Å². The summed E-state index contributed by atoms with van der Waals surface area (Å²) >= 11 is 1.35. The molecule has 0 aliphatic heterocycles. The lowest BCUT2D eigenvalue weighted by Crippen LogP contribution is -2.50. The number of fused-ring (bicyclic) bond motifs is 1. The maximum Gasteiger partial charge on any atom is 0.262 e. The van der Waals surface area contributed by atoms with Gasteiger partial charge in [0.05, 0.1) is 10.9 Å². The fraction of sp³-hybridized carbons (Fsp3) is 0.300. The van der Waals surface area contributed by atoms with E-state index in [0.29, 0.717) is 10.6 Å². The molecule has 0 unspecified atom stereocenters. The third-order valence-electron chi connectivity index (χ3n) is 4.21. The Hall–Kier alpha value is -2.60. The van der Waals surface area contributed by atoms with Crippen molar-refractivity contribution in [2.75, 3.05) is 0 Å². The van der Waals surface area contributed by atoms with Gasteiger partial charge in [-0.1, -0.05) is 38.1 Å². The van der Waals surface area contributed by atoms with Crippen molar-refractivity contribution in [2.45, 2.75) is 32.9 Å². The minimum absolute atomic E-state index is 0.0400. The predicted octanol–water partition coefficient (Wildman–Crippen LogP) is 4.13. The van der Waals surface area contributed by atoms with Crippen molar-refractivity contribution in [3.8, 4) is 0 Å². The van der Waals surface area contributed by atoms with Gasteiger partial charge in [-0.05, 0) is 36.4 Å². The zero-order valence-electron chi connectivity index (χ0n) is 15.0. The van der Waals surface area contributed by atoms with Gasteiger partial charge in [0, 0.05) is 5.39 Å². The Bertz CT molecular complexity index is 866. The Morgan fingerprint density at radius 2 is 1.81 bits per heavy atom. The summed E-state index contributed by atoms with van der Waals surface area (Å²) in [6, 6.07) is 12.3. The Balaban J connectivity index is 1.69. The van der Waals surface area contributed by atoms with Gasteiger partial charge in [-0.25, -0.2) is 0 Å². The van der Waals surface area contributed by atoms with Crippen LogP contribution in [-0.4, -0.2) is 17.9 Å². The number of hydrogen-bond acceptors (Lipinski definition) is 4. The van der Waals surface area contributed by atoms with Crippen LogP contribution in [0.4, 0.5) is 0 Å². The molecule has 3 aromatic rings. The molecule has 0 aliphatic carbocycles. The van der Waals surface area contributed by atoms with E-state index in [9.17, 15) is 9.59 Å². The zero-order chi connectivity index (χ0) is 18.7. The smallest absolute Gasteiger partial charge is 0.262 e. The number of thiophene rings is 1. The molecular formula is C20H22N2O3S. The minimum atomic E-state index is -0.614. The van der Waals surface area contributed by atoms with Crippen molar-refractivity contribution in [3.63, 3.8) is 0 Å². The molecule has 5 nitrogen and oxygen atoms in total. The molecule has 26 heavy (non-hydrogen) atoms. The first-order chi connectivity index (χ1) is 12.5. The number of carbonyl (C=O) groups is 2. The van der Waals surface area contributed by atoms with Crippen molar-refractivity contribution in [1.29, 1.82) is 0 Å².